The van der Waals surface area contributed by atoms with Crippen LogP contribution in [0.2, 0.25) is 0 Å². The van der Waals surface area contributed by atoms with Gasteiger partial charge in [0.25, 0.3) is 0 Å². The minimum atomic E-state index is 0.898. The Kier molecular flexibility index (Phi) is 3.74. The summed E-state index contributed by atoms with van der Waals surface area (Å²) in [6, 6.07) is 8.40. The highest BCUT2D eigenvalue weighted by atomic mass is 15.1. The molecule has 0 unspecified atom stereocenters. The Morgan fingerprint density at radius 3 is 2.58 bits per heavy atom. The van der Waals surface area contributed by atoms with Gasteiger partial charge in [-0.05, 0) is 51.4 Å². The highest BCUT2D eigenvalue weighted by molar-refractivity contribution is 5.91. The van der Waals surface area contributed by atoms with Crippen LogP contribution in [-0.4, -0.2) is 29.1 Å². The van der Waals surface area contributed by atoms with Crippen LogP contribution in [0.25, 0.3) is 10.9 Å². The summed E-state index contributed by atoms with van der Waals surface area (Å²) < 4.78 is 2.30. The minimum Gasteiger partial charge on any atom is -0.397 e. The van der Waals surface area contributed by atoms with Gasteiger partial charge in [-0.15, -0.1) is 0 Å². The van der Waals surface area contributed by atoms with E-state index in [4.69, 9.17) is 5.73 Å². The number of nitrogen functional groups attached to an aromatic ring is 1. The second-order valence-corrected chi connectivity index (χ2v) is 5.55. The molecule has 2 N–H and O–H groups in total. The number of para-hydroxylation sites is 1. The van der Waals surface area contributed by atoms with Gasteiger partial charge in [0.2, 0.25) is 0 Å². The van der Waals surface area contributed by atoms with Crippen LogP contribution in [0.5, 0.6) is 0 Å². The first-order valence-corrected chi connectivity index (χ1v) is 7.40. The maximum Gasteiger partial charge on any atom is 0.0573 e. The van der Waals surface area contributed by atoms with E-state index in [0.717, 1.165) is 12.2 Å². The molecular weight excluding hydrogens is 234 g/mol. The monoisotopic (exact) mass is 257 g/mol. The highest BCUT2D eigenvalue weighted by Crippen LogP contribution is 2.23. The molecule has 0 aliphatic carbocycles. The average molecular weight is 257 g/mol. The number of rotatable bonds is 5. The Bertz CT molecular complexity index is 538. The maximum absolute atomic E-state index is 6.05. The van der Waals surface area contributed by atoms with Crippen LogP contribution < -0.4 is 5.73 Å². The predicted molar refractivity (Wildman–Crippen MR) is 81.3 cm³/mol. The van der Waals surface area contributed by atoms with Crippen molar-refractivity contribution in [3.63, 3.8) is 0 Å². The van der Waals surface area contributed by atoms with Gasteiger partial charge in [-0.1, -0.05) is 18.2 Å². The molecule has 0 bridgehead atoms. The Morgan fingerprint density at radius 1 is 1.00 bits per heavy atom. The second-order valence-electron chi connectivity index (χ2n) is 5.55. The third-order valence-corrected chi connectivity index (χ3v) is 4.14. The number of fused-ring (bicyclic) bond motifs is 1. The first kappa shape index (κ1) is 12.5. The molecule has 2 heterocycles. The molecule has 0 spiro atoms. The number of aromatic nitrogens is 1. The van der Waals surface area contributed by atoms with Gasteiger partial charge in [0.05, 0.1) is 11.2 Å². The van der Waals surface area contributed by atoms with E-state index in [1.807, 2.05) is 0 Å². The predicted octanol–water partition coefficient (Wildman–Crippen LogP) is 3.10. The van der Waals surface area contributed by atoms with Gasteiger partial charge in [0.1, 0.15) is 0 Å². The lowest BCUT2D eigenvalue weighted by molar-refractivity contribution is 0.327. The van der Waals surface area contributed by atoms with Crippen LogP contribution in [-0.2, 0) is 6.54 Å². The summed E-state index contributed by atoms with van der Waals surface area (Å²) in [5.41, 5.74) is 8.21. The third-order valence-electron chi connectivity index (χ3n) is 4.14. The summed E-state index contributed by atoms with van der Waals surface area (Å²) in [4.78, 5) is 2.59. The summed E-state index contributed by atoms with van der Waals surface area (Å²) in [5, 5.41) is 1.18. The summed E-state index contributed by atoms with van der Waals surface area (Å²) in [6.07, 6.45) is 7.37. The first-order valence-electron chi connectivity index (χ1n) is 7.40. The van der Waals surface area contributed by atoms with Gasteiger partial charge in [-0.25, -0.2) is 0 Å². The molecule has 3 nitrogen and oxygen atoms in total. The summed E-state index contributed by atoms with van der Waals surface area (Å²) in [5.74, 6) is 0. The number of nitrogens with zero attached hydrogens (tertiary/aromatic N) is 2. The topological polar surface area (TPSA) is 34.2 Å². The molecule has 0 saturated carbocycles. The number of benzene rings is 1. The van der Waals surface area contributed by atoms with Crippen molar-refractivity contribution in [3.05, 3.63) is 30.5 Å². The lowest BCUT2D eigenvalue weighted by Crippen LogP contribution is -2.20. The minimum absolute atomic E-state index is 0.898. The van der Waals surface area contributed by atoms with Crippen LogP contribution in [0.4, 0.5) is 5.69 Å². The Hall–Kier alpha value is -1.48. The van der Waals surface area contributed by atoms with E-state index >= 15 is 0 Å². The van der Waals surface area contributed by atoms with Crippen molar-refractivity contribution in [2.45, 2.75) is 32.2 Å². The molecule has 3 heteroatoms. The van der Waals surface area contributed by atoms with Crippen molar-refractivity contribution < 1.29 is 0 Å². The van der Waals surface area contributed by atoms with Crippen LogP contribution in [0.1, 0.15) is 25.7 Å². The molecule has 2 aromatic rings. The van der Waals surface area contributed by atoms with Gasteiger partial charge in [0, 0.05) is 18.1 Å². The molecule has 0 atom stereocenters. The van der Waals surface area contributed by atoms with E-state index in [1.165, 1.54) is 56.2 Å². The van der Waals surface area contributed by atoms with Crippen molar-refractivity contribution in [2.75, 3.05) is 25.4 Å². The van der Waals surface area contributed by atoms with Gasteiger partial charge in [0.15, 0.2) is 0 Å². The van der Waals surface area contributed by atoms with E-state index in [9.17, 15) is 0 Å². The van der Waals surface area contributed by atoms with E-state index in [0.29, 0.717) is 0 Å². The fraction of sp³-hybridized carbons (Fsp3) is 0.500. The van der Waals surface area contributed by atoms with Crippen molar-refractivity contribution in [2.24, 2.45) is 0 Å². The van der Waals surface area contributed by atoms with Crippen molar-refractivity contribution in [1.82, 2.24) is 9.47 Å². The van der Waals surface area contributed by atoms with Gasteiger partial charge < -0.3 is 15.2 Å². The standard InChI is InChI=1S/C16H23N3/c17-15-13-19(16-8-2-1-7-14(15)16)12-6-5-11-18-9-3-4-10-18/h1-2,7-8,13H,3-6,9-12,17H2. The molecule has 19 heavy (non-hydrogen) atoms. The van der Waals surface area contributed by atoms with E-state index in [1.54, 1.807) is 0 Å². The van der Waals surface area contributed by atoms with Gasteiger partial charge >= 0.3 is 0 Å². The number of anilines is 1. The van der Waals surface area contributed by atoms with Crippen LogP contribution in [0, 0.1) is 0 Å². The molecule has 1 aliphatic rings. The molecule has 1 fully saturated rings. The highest BCUT2D eigenvalue weighted by Gasteiger charge is 2.10. The number of aryl methyl sites for hydroxylation is 1. The van der Waals surface area contributed by atoms with E-state index < -0.39 is 0 Å². The molecule has 3 rings (SSSR count). The van der Waals surface area contributed by atoms with Crippen LogP contribution >= 0.6 is 0 Å². The summed E-state index contributed by atoms with van der Waals surface area (Å²) >= 11 is 0. The Balaban J connectivity index is 1.56. The number of nitrogens with two attached hydrogens (primary N) is 1. The van der Waals surface area contributed by atoms with Crippen molar-refractivity contribution in [3.8, 4) is 0 Å². The summed E-state index contributed by atoms with van der Waals surface area (Å²) in [7, 11) is 0. The Labute approximate surface area is 115 Å². The molecule has 1 aliphatic heterocycles. The maximum atomic E-state index is 6.05. The van der Waals surface area contributed by atoms with Crippen LogP contribution in [0.3, 0.4) is 0 Å². The van der Waals surface area contributed by atoms with Crippen molar-refractivity contribution >= 4 is 16.6 Å². The lowest BCUT2D eigenvalue weighted by Gasteiger charge is -2.14. The fourth-order valence-corrected chi connectivity index (χ4v) is 3.08. The van der Waals surface area contributed by atoms with Gasteiger partial charge in [-0.3, -0.25) is 0 Å². The number of unbranched alkanes of at least 4 members (excludes halogenated alkanes) is 1. The molecule has 0 radical (unpaired) electrons. The molecule has 1 aromatic heterocycles. The average Bonchev–Trinajstić information content (AvgIpc) is 3.04. The zero-order valence-electron chi connectivity index (χ0n) is 11.5. The smallest absolute Gasteiger partial charge is 0.0573 e. The largest absolute Gasteiger partial charge is 0.397 e. The van der Waals surface area contributed by atoms with Crippen LogP contribution in [0.15, 0.2) is 30.5 Å². The van der Waals surface area contributed by atoms with E-state index in [-0.39, 0.29) is 0 Å². The lowest BCUT2D eigenvalue weighted by atomic mass is 10.2. The zero-order chi connectivity index (χ0) is 13.1. The molecular formula is C16H23N3. The first-order chi connectivity index (χ1) is 9.34. The molecule has 0 amide bonds. The number of likely N-dealkylation sites (tertiary alicyclic amines) is 1. The number of hydrogen-bond acceptors (Lipinski definition) is 2. The third kappa shape index (κ3) is 2.76. The fourth-order valence-electron chi connectivity index (χ4n) is 3.08. The normalized spacial score (nSPS) is 16.4. The summed E-state index contributed by atoms with van der Waals surface area (Å²) in [6.45, 7) is 4.94. The SMILES string of the molecule is Nc1cn(CCCCN2CCCC2)c2ccccc12. The van der Waals surface area contributed by atoms with Crippen molar-refractivity contribution in [1.29, 1.82) is 0 Å². The van der Waals surface area contributed by atoms with Gasteiger partial charge in [-0.2, -0.15) is 0 Å². The number of hydrogen-bond donors (Lipinski definition) is 1. The zero-order valence-corrected chi connectivity index (χ0v) is 11.5. The quantitative estimate of drug-likeness (QED) is 0.835. The second kappa shape index (κ2) is 5.66. The Morgan fingerprint density at radius 2 is 1.74 bits per heavy atom. The van der Waals surface area contributed by atoms with E-state index in [2.05, 4.69) is 39.9 Å². The molecule has 102 valence electrons. The molecule has 1 aromatic carbocycles. The molecule has 1 saturated heterocycles.